The van der Waals surface area contributed by atoms with Crippen molar-refractivity contribution in [3.05, 3.63) is 36.2 Å². The zero-order valence-electron chi connectivity index (χ0n) is 11.1. The molecule has 19 heavy (non-hydrogen) atoms. The van der Waals surface area contributed by atoms with Crippen LogP contribution in [0.5, 0.6) is 11.5 Å². The standard InChI is InChI=1S/C14H17N3O2/c1-17-9-10(8-15-17)16-13-5-6-19-14-4-3-11(18-2)7-12(13)14/h3-4,7-9,13,16H,5-6H2,1-2H3. The molecule has 5 heteroatoms. The van der Waals surface area contributed by atoms with E-state index in [9.17, 15) is 0 Å². The maximum Gasteiger partial charge on any atom is 0.124 e. The maximum atomic E-state index is 5.68. The van der Waals surface area contributed by atoms with Crippen molar-refractivity contribution in [1.29, 1.82) is 0 Å². The molecule has 2 aromatic rings. The van der Waals surface area contributed by atoms with Crippen LogP contribution in [0.1, 0.15) is 18.0 Å². The van der Waals surface area contributed by atoms with Gasteiger partial charge in [-0.05, 0) is 18.2 Å². The van der Waals surface area contributed by atoms with E-state index in [1.54, 1.807) is 11.8 Å². The van der Waals surface area contributed by atoms with E-state index in [0.29, 0.717) is 0 Å². The van der Waals surface area contributed by atoms with Gasteiger partial charge >= 0.3 is 0 Å². The number of hydrogen-bond acceptors (Lipinski definition) is 4. The van der Waals surface area contributed by atoms with Crippen LogP contribution in [0.4, 0.5) is 5.69 Å². The molecule has 1 atom stereocenters. The number of nitrogens with zero attached hydrogens (tertiary/aromatic N) is 2. The summed E-state index contributed by atoms with van der Waals surface area (Å²) in [6, 6.07) is 6.14. The van der Waals surface area contributed by atoms with Gasteiger partial charge in [0, 0.05) is 25.2 Å². The van der Waals surface area contributed by atoms with Crippen LogP contribution >= 0.6 is 0 Å². The van der Waals surface area contributed by atoms with Crippen LogP contribution in [0.3, 0.4) is 0 Å². The molecule has 0 saturated heterocycles. The van der Waals surface area contributed by atoms with E-state index in [0.717, 1.165) is 35.8 Å². The number of anilines is 1. The largest absolute Gasteiger partial charge is 0.497 e. The van der Waals surface area contributed by atoms with Crippen molar-refractivity contribution in [2.75, 3.05) is 19.0 Å². The van der Waals surface area contributed by atoms with E-state index in [4.69, 9.17) is 9.47 Å². The van der Waals surface area contributed by atoms with E-state index in [2.05, 4.69) is 10.4 Å². The van der Waals surface area contributed by atoms with Crippen molar-refractivity contribution in [3.8, 4) is 11.5 Å². The molecule has 1 aromatic heterocycles. The summed E-state index contributed by atoms with van der Waals surface area (Å²) in [4.78, 5) is 0. The SMILES string of the molecule is COc1ccc2c(c1)C(Nc1cnn(C)c1)CCO2. The van der Waals surface area contributed by atoms with Gasteiger partial charge < -0.3 is 14.8 Å². The Labute approximate surface area is 112 Å². The number of rotatable bonds is 3. The van der Waals surface area contributed by atoms with Gasteiger partial charge in [0.2, 0.25) is 0 Å². The average molecular weight is 259 g/mol. The molecule has 0 radical (unpaired) electrons. The van der Waals surface area contributed by atoms with Crippen molar-refractivity contribution in [3.63, 3.8) is 0 Å². The first-order chi connectivity index (χ1) is 9.26. The molecule has 0 saturated carbocycles. The molecule has 1 aliphatic rings. The minimum absolute atomic E-state index is 0.225. The molecule has 1 unspecified atom stereocenters. The number of aromatic nitrogens is 2. The summed E-state index contributed by atoms with van der Waals surface area (Å²) in [5.41, 5.74) is 2.15. The monoisotopic (exact) mass is 259 g/mol. The lowest BCUT2D eigenvalue weighted by atomic mass is 10.00. The third-order valence-electron chi connectivity index (χ3n) is 3.30. The van der Waals surface area contributed by atoms with Crippen LogP contribution < -0.4 is 14.8 Å². The van der Waals surface area contributed by atoms with Gasteiger partial charge in [0.15, 0.2) is 0 Å². The van der Waals surface area contributed by atoms with Crippen LogP contribution in [-0.4, -0.2) is 23.5 Å². The maximum absolute atomic E-state index is 5.68. The van der Waals surface area contributed by atoms with Crippen LogP contribution in [-0.2, 0) is 7.05 Å². The summed E-state index contributed by atoms with van der Waals surface area (Å²) in [6.45, 7) is 0.720. The summed E-state index contributed by atoms with van der Waals surface area (Å²) in [7, 11) is 3.58. The zero-order chi connectivity index (χ0) is 13.2. The second-order valence-electron chi connectivity index (χ2n) is 4.64. The fourth-order valence-corrected chi connectivity index (χ4v) is 2.35. The zero-order valence-corrected chi connectivity index (χ0v) is 11.1. The fourth-order valence-electron chi connectivity index (χ4n) is 2.35. The predicted molar refractivity (Wildman–Crippen MR) is 72.7 cm³/mol. The Morgan fingerprint density at radius 1 is 1.47 bits per heavy atom. The van der Waals surface area contributed by atoms with Crippen molar-refractivity contribution < 1.29 is 9.47 Å². The number of nitrogens with one attached hydrogen (secondary N) is 1. The van der Waals surface area contributed by atoms with Crippen molar-refractivity contribution >= 4 is 5.69 Å². The number of methoxy groups -OCH3 is 1. The molecule has 0 spiro atoms. The normalized spacial score (nSPS) is 17.5. The minimum atomic E-state index is 0.225. The highest BCUT2D eigenvalue weighted by atomic mass is 16.5. The summed E-state index contributed by atoms with van der Waals surface area (Å²) in [5, 5.41) is 7.66. The first-order valence-electron chi connectivity index (χ1n) is 6.32. The molecule has 3 rings (SSSR count). The Bertz CT molecular complexity index is 580. The van der Waals surface area contributed by atoms with Gasteiger partial charge in [-0.2, -0.15) is 5.10 Å². The third-order valence-corrected chi connectivity index (χ3v) is 3.30. The second kappa shape index (κ2) is 4.84. The predicted octanol–water partition coefficient (Wildman–Crippen LogP) is 2.36. The summed E-state index contributed by atoms with van der Waals surface area (Å²) < 4.78 is 12.7. The molecule has 0 aliphatic carbocycles. The third kappa shape index (κ3) is 2.36. The lowest BCUT2D eigenvalue weighted by Gasteiger charge is -2.27. The van der Waals surface area contributed by atoms with Crippen molar-refractivity contribution in [2.45, 2.75) is 12.5 Å². The number of aryl methyl sites for hydroxylation is 1. The van der Waals surface area contributed by atoms with Crippen molar-refractivity contribution in [2.24, 2.45) is 7.05 Å². The fraction of sp³-hybridized carbons (Fsp3) is 0.357. The van der Waals surface area contributed by atoms with Gasteiger partial charge in [0.05, 0.1) is 31.6 Å². The Hall–Kier alpha value is -2.17. The molecule has 1 N–H and O–H groups in total. The quantitative estimate of drug-likeness (QED) is 0.919. The lowest BCUT2D eigenvalue weighted by molar-refractivity contribution is 0.273. The van der Waals surface area contributed by atoms with E-state index >= 15 is 0 Å². The Balaban J connectivity index is 1.88. The summed E-state index contributed by atoms with van der Waals surface area (Å²) in [6.07, 6.45) is 4.72. The molecule has 100 valence electrons. The highest BCUT2D eigenvalue weighted by Crippen LogP contribution is 2.36. The van der Waals surface area contributed by atoms with Gasteiger partial charge in [-0.3, -0.25) is 4.68 Å². The first kappa shape index (κ1) is 11.9. The van der Waals surface area contributed by atoms with Gasteiger partial charge in [0.1, 0.15) is 11.5 Å². The topological polar surface area (TPSA) is 48.3 Å². The van der Waals surface area contributed by atoms with Crippen LogP contribution in [0.25, 0.3) is 0 Å². The molecule has 2 heterocycles. The first-order valence-corrected chi connectivity index (χ1v) is 6.32. The molecule has 5 nitrogen and oxygen atoms in total. The summed E-state index contributed by atoms with van der Waals surface area (Å²) >= 11 is 0. The molecule has 1 aromatic carbocycles. The Kier molecular flexibility index (Phi) is 3.03. The number of fused-ring (bicyclic) bond motifs is 1. The Morgan fingerprint density at radius 3 is 3.11 bits per heavy atom. The van der Waals surface area contributed by atoms with Gasteiger partial charge in [-0.1, -0.05) is 0 Å². The Morgan fingerprint density at radius 2 is 2.37 bits per heavy atom. The molecular weight excluding hydrogens is 242 g/mol. The van der Waals surface area contributed by atoms with Crippen LogP contribution in [0.2, 0.25) is 0 Å². The number of hydrogen-bond donors (Lipinski definition) is 1. The highest BCUT2D eigenvalue weighted by molar-refractivity contribution is 5.49. The van der Waals surface area contributed by atoms with E-state index in [-0.39, 0.29) is 6.04 Å². The van der Waals surface area contributed by atoms with Gasteiger partial charge in [-0.15, -0.1) is 0 Å². The van der Waals surface area contributed by atoms with Crippen LogP contribution in [0, 0.1) is 0 Å². The number of ether oxygens (including phenoxy) is 2. The minimum Gasteiger partial charge on any atom is -0.497 e. The van der Waals surface area contributed by atoms with E-state index in [1.807, 2.05) is 37.6 Å². The highest BCUT2D eigenvalue weighted by Gasteiger charge is 2.22. The van der Waals surface area contributed by atoms with E-state index in [1.165, 1.54) is 0 Å². The summed E-state index contributed by atoms with van der Waals surface area (Å²) in [5.74, 6) is 1.77. The van der Waals surface area contributed by atoms with Gasteiger partial charge in [0.25, 0.3) is 0 Å². The smallest absolute Gasteiger partial charge is 0.124 e. The number of benzene rings is 1. The second-order valence-corrected chi connectivity index (χ2v) is 4.64. The van der Waals surface area contributed by atoms with Crippen molar-refractivity contribution in [1.82, 2.24) is 9.78 Å². The molecule has 0 bridgehead atoms. The van der Waals surface area contributed by atoms with Gasteiger partial charge in [-0.25, -0.2) is 0 Å². The van der Waals surface area contributed by atoms with Crippen LogP contribution in [0.15, 0.2) is 30.6 Å². The molecular formula is C14H17N3O2. The van der Waals surface area contributed by atoms with E-state index < -0.39 is 0 Å². The lowest BCUT2D eigenvalue weighted by Crippen LogP contribution is -2.20. The molecule has 1 aliphatic heterocycles. The molecule has 0 amide bonds. The molecule has 0 fully saturated rings. The average Bonchev–Trinajstić information content (AvgIpc) is 2.84.